The zero-order valence-corrected chi connectivity index (χ0v) is 14.4. The Labute approximate surface area is 149 Å². The van der Waals surface area contributed by atoms with Crippen LogP contribution in [0.25, 0.3) is 0 Å². The summed E-state index contributed by atoms with van der Waals surface area (Å²) < 4.78 is 33.4. The summed E-state index contributed by atoms with van der Waals surface area (Å²) in [6.07, 6.45) is 3.52. The Morgan fingerprint density at radius 1 is 1.42 bits per heavy atom. The summed E-state index contributed by atoms with van der Waals surface area (Å²) in [6, 6.07) is 2.92. The molecule has 140 valence electrons. The van der Waals surface area contributed by atoms with Gasteiger partial charge in [0.25, 0.3) is 5.91 Å². The van der Waals surface area contributed by atoms with Crippen molar-refractivity contribution in [2.75, 3.05) is 19.7 Å². The maximum absolute atomic E-state index is 13.5. The van der Waals surface area contributed by atoms with Crippen LogP contribution in [0.1, 0.15) is 36.3 Å². The Morgan fingerprint density at radius 2 is 2.19 bits per heavy atom. The summed E-state index contributed by atoms with van der Waals surface area (Å²) in [5.41, 5.74) is 0.225. The molecule has 0 saturated carbocycles. The summed E-state index contributed by atoms with van der Waals surface area (Å²) in [5, 5.41) is 14.0. The monoisotopic (exact) mass is 365 g/mol. The minimum absolute atomic E-state index is 0.0384. The van der Waals surface area contributed by atoms with Crippen LogP contribution in [-0.4, -0.2) is 46.6 Å². The van der Waals surface area contributed by atoms with Crippen LogP contribution >= 0.6 is 0 Å². The average Bonchev–Trinajstić information content (AvgIpc) is 3.12. The lowest BCUT2D eigenvalue weighted by atomic mass is 10.1. The number of ether oxygens (including phenoxy) is 1. The lowest BCUT2D eigenvalue weighted by Crippen LogP contribution is -2.37. The Hall–Kier alpha value is -2.55. The van der Waals surface area contributed by atoms with Crippen molar-refractivity contribution in [1.82, 2.24) is 25.6 Å². The SMILES string of the molecule is CC(COc1ccc(F)cc1F)NC(=O)c1cn(C2CCNCC2)nn1. The van der Waals surface area contributed by atoms with Crippen LogP contribution in [0, 0.1) is 11.6 Å². The molecule has 26 heavy (non-hydrogen) atoms. The number of hydrogen-bond donors (Lipinski definition) is 2. The number of aromatic nitrogens is 3. The molecule has 7 nitrogen and oxygen atoms in total. The van der Waals surface area contributed by atoms with Crippen molar-refractivity contribution in [2.45, 2.75) is 31.8 Å². The molecule has 1 amide bonds. The molecule has 1 unspecified atom stereocenters. The highest BCUT2D eigenvalue weighted by molar-refractivity contribution is 5.92. The Bertz CT molecular complexity index is 761. The largest absolute Gasteiger partial charge is 0.488 e. The van der Waals surface area contributed by atoms with Crippen LogP contribution in [0.2, 0.25) is 0 Å². The number of nitrogens with zero attached hydrogens (tertiary/aromatic N) is 3. The van der Waals surface area contributed by atoms with Gasteiger partial charge in [-0.25, -0.2) is 13.5 Å². The highest BCUT2D eigenvalue weighted by Crippen LogP contribution is 2.18. The van der Waals surface area contributed by atoms with E-state index in [1.54, 1.807) is 17.8 Å². The molecule has 1 fully saturated rings. The lowest BCUT2D eigenvalue weighted by Gasteiger charge is -2.22. The summed E-state index contributed by atoms with van der Waals surface area (Å²) in [4.78, 5) is 12.3. The molecule has 2 aromatic rings. The molecule has 1 aromatic carbocycles. The highest BCUT2D eigenvalue weighted by Gasteiger charge is 2.19. The van der Waals surface area contributed by atoms with Crippen molar-refractivity contribution in [3.05, 3.63) is 41.7 Å². The van der Waals surface area contributed by atoms with Gasteiger partial charge in [0, 0.05) is 6.07 Å². The fourth-order valence-electron chi connectivity index (χ4n) is 2.78. The first-order chi connectivity index (χ1) is 12.5. The van der Waals surface area contributed by atoms with Crippen molar-refractivity contribution in [3.63, 3.8) is 0 Å². The quantitative estimate of drug-likeness (QED) is 0.814. The number of benzene rings is 1. The van der Waals surface area contributed by atoms with Gasteiger partial charge in [-0.05, 0) is 45.0 Å². The van der Waals surface area contributed by atoms with Crippen molar-refractivity contribution >= 4 is 5.91 Å². The smallest absolute Gasteiger partial charge is 0.273 e. The number of rotatable bonds is 6. The van der Waals surface area contributed by atoms with Crippen LogP contribution in [0.4, 0.5) is 8.78 Å². The molecule has 1 aliphatic rings. The molecule has 1 saturated heterocycles. The third kappa shape index (κ3) is 4.54. The zero-order chi connectivity index (χ0) is 18.5. The van der Waals surface area contributed by atoms with E-state index in [1.165, 1.54) is 6.07 Å². The number of nitrogens with one attached hydrogen (secondary N) is 2. The molecule has 1 aromatic heterocycles. The fourth-order valence-corrected chi connectivity index (χ4v) is 2.78. The maximum Gasteiger partial charge on any atom is 0.273 e. The predicted molar refractivity (Wildman–Crippen MR) is 89.9 cm³/mol. The molecule has 0 bridgehead atoms. The zero-order valence-electron chi connectivity index (χ0n) is 14.4. The van der Waals surface area contributed by atoms with Gasteiger partial charge in [-0.2, -0.15) is 0 Å². The topological polar surface area (TPSA) is 81.1 Å². The standard InChI is InChI=1S/C17H21F2N5O2/c1-11(10-26-16-3-2-12(18)8-14(16)19)21-17(25)15-9-24(23-22-15)13-4-6-20-7-5-13/h2-3,8-9,11,13,20H,4-7,10H2,1H3,(H,21,25). The fraction of sp³-hybridized carbons (Fsp3) is 0.471. The second-order valence-corrected chi connectivity index (χ2v) is 6.33. The Morgan fingerprint density at radius 3 is 2.92 bits per heavy atom. The van der Waals surface area contributed by atoms with Crippen LogP contribution < -0.4 is 15.4 Å². The highest BCUT2D eigenvalue weighted by atomic mass is 19.1. The molecule has 0 radical (unpaired) electrons. The molecule has 0 spiro atoms. The van der Waals surface area contributed by atoms with E-state index in [0.717, 1.165) is 38.1 Å². The van der Waals surface area contributed by atoms with E-state index in [2.05, 4.69) is 20.9 Å². The van der Waals surface area contributed by atoms with Gasteiger partial charge in [-0.15, -0.1) is 5.10 Å². The first-order valence-corrected chi connectivity index (χ1v) is 8.54. The van der Waals surface area contributed by atoms with E-state index < -0.39 is 17.7 Å². The van der Waals surface area contributed by atoms with Crippen molar-refractivity contribution < 1.29 is 18.3 Å². The summed E-state index contributed by atoms with van der Waals surface area (Å²) in [6.45, 7) is 3.59. The van der Waals surface area contributed by atoms with Crippen LogP contribution in [0.5, 0.6) is 5.75 Å². The molecule has 0 aliphatic carbocycles. The third-order valence-electron chi connectivity index (χ3n) is 4.19. The van der Waals surface area contributed by atoms with Gasteiger partial charge in [0.05, 0.1) is 18.3 Å². The van der Waals surface area contributed by atoms with E-state index in [0.29, 0.717) is 0 Å². The van der Waals surface area contributed by atoms with Crippen molar-refractivity contribution in [2.24, 2.45) is 0 Å². The third-order valence-corrected chi connectivity index (χ3v) is 4.19. The Balaban J connectivity index is 1.51. The average molecular weight is 365 g/mol. The van der Waals surface area contributed by atoms with E-state index in [4.69, 9.17) is 4.74 Å². The number of hydrogen-bond acceptors (Lipinski definition) is 5. The lowest BCUT2D eigenvalue weighted by molar-refractivity contribution is 0.0921. The normalized spacial score (nSPS) is 16.3. The summed E-state index contributed by atoms with van der Waals surface area (Å²) >= 11 is 0. The van der Waals surface area contributed by atoms with Gasteiger partial charge in [0.15, 0.2) is 17.3 Å². The second kappa shape index (κ2) is 8.22. The van der Waals surface area contributed by atoms with Crippen LogP contribution in [0.3, 0.4) is 0 Å². The molecular formula is C17H21F2N5O2. The van der Waals surface area contributed by atoms with Gasteiger partial charge in [0.1, 0.15) is 12.4 Å². The molecule has 9 heteroatoms. The first-order valence-electron chi connectivity index (χ1n) is 8.54. The molecule has 2 heterocycles. The van der Waals surface area contributed by atoms with E-state index in [-0.39, 0.29) is 30.0 Å². The van der Waals surface area contributed by atoms with Gasteiger partial charge in [0.2, 0.25) is 0 Å². The number of piperidine rings is 1. The van der Waals surface area contributed by atoms with Crippen LogP contribution in [0.15, 0.2) is 24.4 Å². The van der Waals surface area contributed by atoms with Crippen molar-refractivity contribution in [1.29, 1.82) is 0 Å². The first kappa shape index (κ1) is 18.2. The molecule has 3 rings (SSSR count). The molecular weight excluding hydrogens is 344 g/mol. The number of halogens is 2. The van der Waals surface area contributed by atoms with E-state index in [9.17, 15) is 13.6 Å². The van der Waals surface area contributed by atoms with Gasteiger partial charge in [-0.3, -0.25) is 4.79 Å². The van der Waals surface area contributed by atoms with E-state index in [1.807, 2.05) is 0 Å². The Kier molecular flexibility index (Phi) is 5.77. The molecule has 1 aliphatic heterocycles. The molecule has 1 atom stereocenters. The molecule has 2 N–H and O–H groups in total. The minimum atomic E-state index is -0.784. The number of carbonyl (C=O) groups excluding carboxylic acids is 1. The minimum Gasteiger partial charge on any atom is -0.488 e. The van der Waals surface area contributed by atoms with Gasteiger partial charge >= 0.3 is 0 Å². The maximum atomic E-state index is 13.5. The van der Waals surface area contributed by atoms with Gasteiger partial charge in [-0.1, -0.05) is 5.21 Å². The summed E-state index contributed by atoms with van der Waals surface area (Å²) in [5.74, 6) is -1.90. The predicted octanol–water partition coefficient (Wildman–Crippen LogP) is 1.68. The van der Waals surface area contributed by atoms with Gasteiger partial charge < -0.3 is 15.4 Å². The van der Waals surface area contributed by atoms with Crippen LogP contribution in [-0.2, 0) is 0 Å². The summed E-state index contributed by atoms with van der Waals surface area (Å²) in [7, 11) is 0. The van der Waals surface area contributed by atoms with E-state index >= 15 is 0 Å². The number of carbonyl (C=O) groups is 1. The van der Waals surface area contributed by atoms with Crippen molar-refractivity contribution in [3.8, 4) is 5.75 Å². The second-order valence-electron chi connectivity index (χ2n) is 6.33. The number of amides is 1.